The molecule has 0 aromatic heterocycles. The van der Waals surface area contributed by atoms with E-state index in [1.807, 2.05) is 13.0 Å². The first-order valence-corrected chi connectivity index (χ1v) is 6.48. The summed E-state index contributed by atoms with van der Waals surface area (Å²) in [7, 11) is 0. The van der Waals surface area contributed by atoms with Crippen molar-refractivity contribution >= 4 is 0 Å². The molecule has 0 fully saturated rings. The van der Waals surface area contributed by atoms with Gasteiger partial charge in [-0.25, -0.2) is 0 Å². The first-order valence-electron chi connectivity index (χ1n) is 6.48. The Balaban J connectivity index is 2.41. The number of hydrogen-bond donors (Lipinski definition) is 1. The van der Waals surface area contributed by atoms with Crippen LogP contribution in [0.15, 0.2) is 24.3 Å². The molecule has 0 bridgehead atoms. The smallest absolute Gasteiger partial charge is 0.122 e. The van der Waals surface area contributed by atoms with Crippen molar-refractivity contribution in [1.82, 2.24) is 5.32 Å². The van der Waals surface area contributed by atoms with Crippen molar-refractivity contribution in [2.75, 3.05) is 13.2 Å². The van der Waals surface area contributed by atoms with E-state index in [1.54, 1.807) is 0 Å². The van der Waals surface area contributed by atoms with Crippen LogP contribution in [0.3, 0.4) is 0 Å². The minimum atomic E-state index is 0.208. The van der Waals surface area contributed by atoms with E-state index in [9.17, 15) is 0 Å². The number of hydrogen-bond acceptors (Lipinski definition) is 2. The number of para-hydroxylation sites is 1. The predicted molar refractivity (Wildman–Crippen MR) is 73.7 cm³/mol. The zero-order valence-electron chi connectivity index (χ0n) is 11.5. The summed E-state index contributed by atoms with van der Waals surface area (Å²) in [6.45, 7) is 10.4. The Labute approximate surface area is 105 Å². The van der Waals surface area contributed by atoms with Gasteiger partial charge in [0.05, 0.1) is 6.61 Å². The molecule has 0 unspecified atom stereocenters. The Morgan fingerprint density at radius 3 is 2.53 bits per heavy atom. The summed E-state index contributed by atoms with van der Waals surface area (Å²) in [6.07, 6.45) is 2.21. The molecular formula is C15H25NO. The quantitative estimate of drug-likeness (QED) is 0.763. The van der Waals surface area contributed by atoms with Crippen LogP contribution >= 0.6 is 0 Å². The molecule has 17 heavy (non-hydrogen) atoms. The molecule has 0 amide bonds. The molecule has 1 aromatic rings. The third-order valence-corrected chi connectivity index (χ3v) is 2.55. The Morgan fingerprint density at radius 2 is 1.88 bits per heavy atom. The number of nitrogens with one attached hydrogen (secondary N) is 1. The number of ether oxygens (including phenoxy) is 1. The summed E-state index contributed by atoms with van der Waals surface area (Å²) in [6, 6.07) is 8.31. The SMILES string of the molecule is CCOc1ccccc1CCCNC(C)(C)C. The van der Waals surface area contributed by atoms with Crippen LogP contribution in [0.1, 0.15) is 39.7 Å². The van der Waals surface area contributed by atoms with Crippen LogP contribution in [0.2, 0.25) is 0 Å². The maximum atomic E-state index is 5.61. The highest BCUT2D eigenvalue weighted by molar-refractivity contribution is 5.33. The Morgan fingerprint density at radius 1 is 1.18 bits per heavy atom. The standard InChI is InChI=1S/C15H25NO/c1-5-17-14-11-7-6-9-13(14)10-8-12-16-15(2,3)4/h6-7,9,11,16H,5,8,10,12H2,1-4H3. The second-order valence-corrected chi connectivity index (χ2v) is 5.32. The monoisotopic (exact) mass is 235 g/mol. The van der Waals surface area contributed by atoms with Crippen molar-refractivity contribution in [1.29, 1.82) is 0 Å². The Kier molecular flexibility index (Phi) is 5.49. The van der Waals surface area contributed by atoms with Gasteiger partial charge >= 0.3 is 0 Å². The van der Waals surface area contributed by atoms with E-state index in [2.05, 4.69) is 44.3 Å². The molecule has 2 nitrogen and oxygen atoms in total. The van der Waals surface area contributed by atoms with E-state index < -0.39 is 0 Å². The molecule has 0 saturated carbocycles. The largest absolute Gasteiger partial charge is 0.494 e. The summed E-state index contributed by atoms with van der Waals surface area (Å²) in [5.41, 5.74) is 1.52. The van der Waals surface area contributed by atoms with E-state index >= 15 is 0 Å². The van der Waals surface area contributed by atoms with Gasteiger partial charge in [-0.15, -0.1) is 0 Å². The highest BCUT2D eigenvalue weighted by Crippen LogP contribution is 2.19. The molecule has 0 aliphatic rings. The van der Waals surface area contributed by atoms with Crippen molar-refractivity contribution in [3.8, 4) is 5.75 Å². The number of rotatable bonds is 6. The van der Waals surface area contributed by atoms with Gasteiger partial charge in [-0.2, -0.15) is 0 Å². The van der Waals surface area contributed by atoms with Crippen molar-refractivity contribution in [3.63, 3.8) is 0 Å². The fourth-order valence-corrected chi connectivity index (χ4v) is 1.75. The lowest BCUT2D eigenvalue weighted by molar-refractivity contribution is 0.336. The fourth-order valence-electron chi connectivity index (χ4n) is 1.75. The molecule has 0 radical (unpaired) electrons. The molecule has 0 aliphatic heterocycles. The van der Waals surface area contributed by atoms with Crippen LogP contribution in [0.25, 0.3) is 0 Å². The third kappa shape index (κ3) is 5.73. The lowest BCUT2D eigenvalue weighted by Gasteiger charge is -2.20. The van der Waals surface area contributed by atoms with E-state index in [0.717, 1.165) is 31.7 Å². The van der Waals surface area contributed by atoms with Crippen LogP contribution < -0.4 is 10.1 Å². The van der Waals surface area contributed by atoms with Crippen molar-refractivity contribution in [2.24, 2.45) is 0 Å². The lowest BCUT2D eigenvalue weighted by atomic mass is 10.1. The minimum absolute atomic E-state index is 0.208. The zero-order chi connectivity index (χ0) is 12.7. The average Bonchev–Trinajstić information content (AvgIpc) is 2.25. The van der Waals surface area contributed by atoms with Gasteiger partial charge in [0.1, 0.15) is 5.75 Å². The third-order valence-electron chi connectivity index (χ3n) is 2.55. The van der Waals surface area contributed by atoms with Gasteiger partial charge in [0.2, 0.25) is 0 Å². The maximum absolute atomic E-state index is 5.61. The zero-order valence-corrected chi connectivity index (χ0v) is 11.5. The fraction of sp³-hybridized carbons (Fsp3) is 0.600. The molecule has 0 saturated heterocycles. The number of benzene rings is 1. The van der Waals surface area contributed by atoms with Crippen molar-refractivity contribution in [3.05, 3.63) is 29.8 Å². The van der Waals surface area contributed by atoms with Gasteiger partial charge in [-0.05, 0) is 58.7 Å². The van der Waals surface area contributed by atoms with E-state index in [0.29, 0.717) is 0 Å². The van der Waals surface area contributed by atoms with Gasteiger partial charge in [-0.1, -0.05) is 18.2 Å². The highest BCUT2D eigenvalue weighted by Gasteiger charge is 2.08. The van der Waals surface area contributed by atoms with E-state index in [-0.39, 0.29) is 5.54 Å². The summed E-state index contributed by atoms with van der Waals surface area (Å²) in [4.78, 5) is 0. The second kappa shape index (κ2) is 6.65. The molecule has 1 aromatic carbocycles. The summed E-state index contributed by atoms with van der Waals surface area (Å²) in [5.74, 6) is 1.03. The molecule has 0 aliphatic carbocycles. The van der Waals surface area contributed by atoms with E-state index in [1.165, 1.54) is 5.56 Å². The normalized spacial score (nSPS) is 11.5. The number of aryl methyl sites for hydroxylation is 1. The van der Waals surface area contributed by atoms with Crippen LogP contribution in [-0.2, 0) is 6.42 Å². The molecule has 1 rings (SSSR count). The Bertz CT molecular complexity index is 328. The lowest BCUT2D eigenvalue weighted by Crippen LogP contribution is -2.36. The van der Waals surface area contributed by atoms with Gasteiger partial charge in [0, 0.05) is 5.54 Å². The molecular weight excluding hydrogens is 210 g/mol. The van der Waals surface area contributed by atoms with Crippen LogP contribution in [0.5, 0.6) is 5.75 Å². The van der Waals surface area contributed by atoms with E-state index in [4.69, 9.17) is 4.74 Å². The highest BCUT2D eigenvalue weighted by atomic mass is 16.5. The first kappa shape index (κ1) is 14.0. The van der Waals surface area contributed by atoms with Crippen LogP contribution in [0.4, 0.5) is 0 Å². The predicted octanol–water partition coefficient (Wildman–Crippen LogP) is 3.41. The first-order chi connectivity index (χ1) is 8.03. The molecule has 1 N–H and O–H groups in total. The van der Waals surface area contributed by atoms with Crippen molar-refractivity contribution < 1.29 is 4.74 Å². The summed E-state index contributed by atoms with van der Waals surface area (Å²) in [5, 5.41) is 3.50. The molecule has 2 heteroatoms. The van der Waals surface area contributed by atoms with Crippen LogP contribution in [-0.4, -0.2) is 18.7 Å². The maximum Gasteiger partial charge on any atom is 0.122 e. The molecule has 0 atom stereocenters. The Hall–Kier alpha value is -1.02. The molecule has 0 spiro atoms. The molecule has 96 valence electrons. The topological polar surface area (TPSA) is 21.3 Å². The summed E-state index contributed by atoms with van der Waals surface area (Å²) >= 11 is 0. The van der Waals surface area contributed by atoms with Gasteiger partial charge < -0.3 is 10.1 Å². The van der Waals surface area contributed by atoms with Crippen molar-refractivity contribution in [2.45, 2.75) is 46.1 Å². The van der Waals surface area contributed by atoms with Crippen LogP contribution in [0, 0.1) is 0 Å². The van der Waals surface area contributed by atoms with Gasteiger partial charge in [0.15, 0.2) is 0 Å². The average molecular weight is 235 g/mol. The second-order valence-electron chi connectivity index (χ2n) is 5.32. The minimum Gasteiger partial charge on any atom is -0.494 e. The van der Waals surface area contributed by atoms with Gasteiger partial charge in [-0.3, -0.25) is 0 Å². The molecule has 0 heterocycles. The summed E-state index contributed by atoms with van der Waals surface area (Å²) < 4.78 is 5.61. The van der Waals surface area contributed by atoms with Gasteiger partial charge in [0.25, 0.3) is 0 Å².